The maximum absolute atomic E-state index is 5.60. The van der Waals surface area contributed by atoms with Crippen molar-refractivity contribution in [3.8, 4) is 28.4 Å². The summed E-state index contributed by atoms with van der Waals surface area (Å²) >= 11 is 0. The van der Waals surface area contributed by atoms with Gasteiger partial charge in [-0.2, -0.15) is 0 Å². The number of piperidine rings is 1. The largest absolute Gasteiger partial charge is 0.494 e. The van der Waals surface area contributed by atoms with Gasteiger partial charge >= 0.3 is 0 Å². The molecule has 0 spiro atoms. The molecule has 0 amide bonds. The summed E-state index contributed by atoms with van der Waals surface area (Å²) in [4.78, 5) is 2.51. The molecule has 1 saturated heterocycles. The molecule has 1 heterocycles. The molecular weight excluding hydrogens is 362 g/mol. The number of hydrogen-bond donors (Lipinski definition) is 0. The van der Waals surface area contributed by atoms with Crippen molar-refractivity contribution in [3.05, 3.63) is 48.5 Å². The standard InChI is InChI=1S/C25H29NO3/c1-4-29-21-10-8-18(9-11-21)19-14-20-16-24(27-2)25(28-3)17-22(20)23(15-19)26-12-6-5-7-13-26/h8-11,14-17H,4-7,12-13H2,1-3H3. The van der Waals surface area contributed by atoms with E-state index in [0.717, 1.165) is 35.7 Å². The molecule has 1 aliphatic heterocycles. The van der Waals surface area contributed by atoms with Crippen LogP contribution in [0.5, 0.6) is 17.2 Å². The first kappa shape index (κ1) is 19.4. The van der Waals surface area contributed by atoms with E-state index in [1.165, 1.54) is 41.5 Å². The van der Waals surface area contributed by atoms with Gasteiger partial charge in [0.15, 0.2) is 11.5 Å². The van der Waals surface area contributed by atoms with E-state index in [1.54, 1.807) is 14.2 Å². The zero-order valence-electron chi connectivity index (χ0n) is 17.5. The monoisotopic (exact) mass is 391 g/mol. The first-order chi connectivity index (χ1) is 14.2. The lowest BCUT2D eigenvalue weighted by Gasteiger charge is -2.30. The van der Waals surface area contributed by atoms with Crippen molar-refractivity contribution in [3.63, 3.8) is 0 Å². The minimum absolute atomic E-state index is 0.677. The van der Waals surface area contributed by atoms with Gasteiger partial charge in [-0.05, 0) is 79.1 Å². The van der Waals surface area contributed by atoms with Crippen LogP contribution < -0.4 is 19.1 Å². The third-order valence-corrected chi connectivity index (χ3v) is 5.63. The number of benzene rings is 3. The first-order valence-corrected chi connectivity index (χ1v) is 10.4. The van der Waals surface area contributed by atoms with Crippen molar-refractivity contribution < 1.29 is 14.2 Å². The van der Waals surface area contributed by atoms with E-state index < -0.39 is 0 Å². The summed E-state index contributed by atoms with van der Waals surface area (Å²) in [6, 6.07) is 17.1. The van der Waals surface area contributed by atoms with E-state index in [2.05, 4.69) is 41.3 Å². The summed E-state index contributed by atoms with van der Waals surface area (Å²) in [7, 11) is 3.38. The second-order valence-corrected chi connectivity index (χ2v) is 7.43. The average molecular weight is 392 g/mol. The van der Waals surface area contributed by atoms with Crippen LogP contribution in [0.2, 0.25) is 0 Å². The normalized spacial score (nSPS) is 14.1. The molecule has 152 valence electrons. The third-order valence-electron chi connectivity index (χ3n) is 5.63. The Labute approximate surface area is 173 Å². The minimum atomic E-state index is 0.677. The lowest BCUT2D eigenvalue weighted by molar-refractivity contribution is 0.340. The third kappa shape index (κ3) is 3.98. The molecule has 4 rings (SSSR count). The maximum Gasteiger partial charge on any atom is 0.161 e. The summed E-state index contributed by atoms with van der Waals surface area (Å²) in [5.74, 6) is 2.43. The smallest absolute Gasteiger partial charge is 0.161 e. The Balaban J connectivity index is 1.86. The van der Waals surface area contributed by atoms with Crippen LogP contribution in [-0.4, -0.2) is 33.9 Å². The Morgan fingerprint density at radius 1 is 0.793 bits per heavy atom. The van der Waals surface area contributed by atoms with Gasteiger partial charge in [-0.25, -0.2) is 0 Å². The molecule has 0 saturated carbocycles. The minimum Gasteiger partial charge on any atom is -0.494 e. The molecule has 0 bridgehead atoms. The summed E-state index contributed by atoms with van der Waals surface area (Å²) < 4.78 is 16.7. The molecule has 0 aliphatic carbocycles. The second-order valence-electron chi connectivity index (χ2n) is 7.43. The topological polar surface area (TPSA) is 30.9 Å². The summed E-state index contributed by atoms with van der Waals surface area (Å²) in [6.07, 6.45) is 3.79. The highest BCUT2D eigenvalue weighted by Gasteiger charge is 2.17. The van der Waals surface area contributed by atoms with Crippen molar-refractivity contribution in [2.24, 2.45) is 0 Å². The van der Waals surface area contributed by atoms with E-state index in [0.29, 0.717) is 6.61 Å². The Morgan fingerprint density at radius 3 is 2.14 bits per heavy atom. The molecule has 1 aliphatic rings. The van der Waals surface area contributed by atoms with Gasteiger partial charge in [0.25, 0.3) is 0 Å². The number of fused-ring (bicyclic) bond motifs is 1. The fourth-order valence-corrected chi connectivity index (χ4v) is 4.14. The zero-order chi connectivity index (χ0) is 20.2. The molecule has 4 heteroatoms. The molecule has 4 nitrogen and oxygen atoms in total. The Kier molecular flexibility index (Phi) is 5.79. The molecule has 3 aromatic rings. The highest BCUT2D eigenvalue weighted by atomic mass is 16.5. The second kappa shape index (κ2) is 8.64. The van der Waals surface area contributed by atoms with Gasteiger partial charge < -0.3 is 19.1 Å². The summed E-state index contributed by atoms with van der Waals surface area (Å²) in [6.45, 7) is 4.87. The van der Waals surface area contributed by atoms with Crippen LogP contribution in [0.3, 0.4) is 0 Å². The van der Waals surface area contributed by atoms with Gasteiger partial charge in [0.05, 0.1) is 20.8 Å². The summed E-state index contributed by atoms with van der Waals surface area (Å²) in [5.41, 5.74) is 3.66. The highest BCUT2D eigenvalue weighted by Crippen LogP contribution is 2.40. The highest BCUT2D eigenvalue weighted by molar-refractivity contribution is 6.00. The molecule has 1 fully saturated rings. The lowest BCUT2D eigenvalue weighted by atomic mass is 9.97. The van der Waals surface area contributed by atoms with Gasteiger partial charge in [-0.15, -0.1) is 0 Å². The van der Waals surface area contributed by atoms with E-state index >= 15 is 0 Å². The fraction of sp³-hybridized carbons (Fsp3) is 0.360. The van der Waals surface area contributed by atoms with E-state index in [-0.39, 0.29) is 0 Å². The molecule has 29 heavy (non-hydrogen) atoms. The van der Waals surface area contributed by atoms with Gasteiger partial charge in [0.2, 0.25) is 0 Å². The number of hydrogen-bond acceptors (Lipinski definition) is 4. The van der Waals surface area contributed by atoms with E-state index in [1.807, 2.05) is 19.1 Å². The average Bonchev–Trinajstić information content (AvgIpc) is 2.78. The molecule has 0 N–H and O–H groups in total. The molecular formula is C25H29NO3. The van der Waals surface area contributed by atoms with Crippen LogP contribution in [0.25, 0.3) is 21.9 Å². The van der Waals surface area contributed by atoms with Crippen molar-refractivity contribution in [1.82, 2.24) is 0 Å². The van der Waals surface area contributed by atoms with Crippen LogP contribution >= 0.6 is 0 Å². The first-order valence-electron chi connectivity index (χ1n) is 10.4. The number of methoxy groups -OCH3 is 2. The fourth-order valence-electron chi connectivity index (χ4n) is 4.14. The Morgan fingerprint density at radius 2 is 1.48 bits per heavy atom. The van der Waals surface area contributed by atoms with Crippen molar-refractivity contribution >= 4 is 16.5 Å². The summed E-state index contributed by atoms with van der Waals surface area (Å²) in [5, 5.41) is 2.37. The predicted octanol–water partition coefficient (Wildman–Crippen LogP) is 5.91. The molecule has 0 unspecified atom stereocenters. The van der Waals surface area contributed by atoms with Crippen LogP contribution in [0.1, 0.15) is 26.2 Å². The van der Waals surface area contributed by atoms with Gasteiger partial charge in [-0.3, -0.25) is 0 Å². The van der Waals surface area contributed by atoms with Gasteiger partial charge in [0.1, 0.15) is 5.75 Å². The van der Waals surface area contributed by atoms with Gasteiger partial charge in [-0.1, -0.05) is 12.1 Å². The zero-order valence-corrected chi connectivity index (χ0v) is 17.5. The van der Waals surface area contributed by atoms with Gasteiger partial charge in [0, 0.05) is 24.2 Å². The molecule has 3 aromatic carbocycles. The van der Waals surface area contributed by atoms with E-state index in [4.69, 9.17) is 14.2 Å². The van der Waals surface area contributed by atoms with Crippen LogP contribution in [0.15, 0.2) is 48.5 Å². The quantitative estimate of drug-likeness (QED) is 0.522. The predicted molar refractivity (Wildman–Crippen MR) is 120 cm³/mol. The molecule has 0 radical (unpaired) electrons. The van der Waals surface area contributed by atoms with Crippen LogP contribution in [-0.2, 0) is 0 Å². The van der Waals surface area contributed by atoms with Crippen molar-refractivity contribution in [1.29, 1.82) is 0 Å². The van der Waals surface area contributed by atoms with Crippen LogP contribution in [0.4, 0.5) is 5.69 Å². The Hall–Kier alpha value is -2.88. The van der Waals surface area contributed by atoms with E-state index in [9.17, 15) is 0 Å². The lowest BCUT2D eigenvalue weighted by Crippen LogP contribution is -2.29. The number of nitrogens with zero attached hydrogens (tertiary/aromatic N) is 1. The number of anilines is 1. The Bertz CT molecular complexity index is 976. The van der Waals surface area contributed by atoms with Crippen molar-refractivity contribution in [2.75, 3.05) is 38.8 Å². The van der Waals surface area contributed by atoms with Crippen molar-refractivity contribution in [2.45, 2.75) is 26.2 Å². The number of ether oxygens (including phenoxy) is 3. The van der Waals surface area contributed by atoms with Crippen LogP contribution in [0, 0.1) is 0 Å². The number of rotatable bonds is 6. The molecule has 0 atom stereocenters. The SMILES string of the molecule is CCOc1ccc(-c2cc(N3CCCCC3)c3cc(OC)c(OC)cc3c2)cc1. The molecule has 0 aromatic heterocycles. The maximum atomic E-state index is 5.60.